The van der Waals surface area contributed by atoms with Gasteiger partial charge in [-0.2, -0.15) is 0 Å². The molecule has 1 fully saturated rings. The lowest BCUT2D eigenvalue weighted by Crippen LogP contribution is -2.41. The molecular weight excluding hydrogens is 398 g/mol. The molecule has 2 aliphatic rings. The molecule has 0 aliphatic carbocycles. The van der Waals surface area contributed by atoms with E-state index in [1.807, 2.05) is 6.92 Å². The molecule has 4 rings (SSSR count). The molecule has 0 unspecified atom stereocenters. The summed E-state index contributed by atoms with van der Waals surface area (Å²) >= 11 is 0. The van der Waals surface area contributed by atoms with Crippen LogP contribution in [0.5, 0.6) is 0 Å². The van der Waals surface area contributed by atoms with Crippen molar-refractivity contribution < 1.29 is 14.3 Å². The topological polar surface area (TPSA) is 108 Å². The van der Waals surface area contributed by atoms with E-state index in [1.165, 1.54) is 0 Å². The highest BCUT2D eigenvalue weighted by atomic mass is 16.5. The van der Waals surface area contributed by atoms with Crippen molar-refractivity contribution in [1.29, 1.82) is 0 Å². The van der Waals surface area contributed by atoms with E-state index < -0.39 is 0 Å². The Morgan fingerprint density at radius 2 is 2.16 bits per heavy atom. The predicted molar refractivity (Wildman–Crippen MR) is 112 cm³/mol. The Bertz CT molecular complexity index is 1050. The first-order chi connectivity index (χ1) is 15.0. The number of amides is 2. The van der Waals surface area contributed by atoms with Gasteiger partial charge in [-0.1, -0.05) is 0 Å². The van der Waals surface area contributed by atoms with E-state index in [2.05, 4.69) is 9.97 Å². The van der Waals surface area contributed by atoms with E-state index in [1.54, 1.807) is 35.4 Å². The van der Waals surface area contributed by atoms with Crippen LogP contribution in [0, 0.1) is 6.92 Å². The highest BCUT2D eigenvalue weighted by molar-refractivity contribution is 5.95. The van der Waals surface area contributed by atoms with Gasteiger partial charge in [0.25, 0.3) is 11.5 Å². The van der Waals surface area contributed by atoms with Gasteiger partial charge in [0.2, 0.25) is 5.91 Å². The zero-order valence-electron chi connectivity index (χ0n) is 17.9. The van der Waals surface area contributed by atoms with Crippen LogP contribution in [0.15, 0.2) is 23.3 Å². The number of nitrogens with one attached hydrogen (secondary N) is 1. The molecule has 31 heavy (non-hydrogen) atoms. The Kier molecular flexibility index (Phi) is 6.13. The minimum Gasteiger partial charge on any atom is -0.384 e. The van der Waals surface area contributed by atoms with Gasteiger partial charge in [0.05, 0.1) is 36.9 Å². The first-order valence-corrected chi connectivity index (χ1v) is 10.6. The number of nitrogens with zero attached hydrogens (tertiary/aromatic N) is 4. The number of hydrogen-bond donors (Lipinski definition) is 1. The van der Waals surface area contributed by atoms with Crippen LogP contribution < -0.4 is 5.56 Å². The van der Waals surface area contributed by atoms with Crippen LogP contribution in [0.2, 0.25) is 0 Å². The molecule has 0 radical (unpaired) electrons. The first kappa shape index (κ1) is 21.2. The molecular formula is C22H27N5O4. The summed E-state index contributed by atoms with van der Waals surface area (Å²) < 4.78 is 5.02. The molecule has 2 amide bonds. The fourth-order valence-electron chi connectivity index (χ4n) is 4.34. The second-order valence-corrected chi connectivity index (χ2v) is 8.03. The van der Waals surface area contributed by atoms with Gasteiger partial charge in [0, 0.05) is 44.6 Å². The lowest BCUT2D eigenvalue weighted by atomic mass is 10.0. The summed E-state index contributed by atoms with van der Waals surface area (Å²) in [5.74, 6) is 0.436. The fourth-order valence-corrected chi connectivity index (χ4v) is 4.34. The van der Waals surface area contributed by atoms with Crippen LogP contribution in [0.1, 0.15) is 58.3 Å². The molecule has 9 nitrogen and oxygen atoms in total. The average molecular weight is 425 g/mol. The number of likely N-dealkylation sites (tertiary alicyclic amines) is 1. The monoisotopic (exact) mass is 425 g/mol. The SMILES string of the molecule is COCCC(=O)N1CCC[C@@H]1c1nc2c(c(=O)[nH]1)CN(C(=O)c1ccncc1C)CC2. The molecule has 2 aromatic rings. The van der Waals surface area contributed by atoms with Crippen molar-refractivity contribution in [3.8, 4) is 0 Å². The third-order valence-corrected chi connectivity index (χ3v) is 6.03. The Morgan fingerprint density at radius 1 is 1.32 bits per heavy atom. The molecule has 2 aromatic heterocycles. The summed E-state index contributed by atoms with van der Waals surface area (Å²) in [4.78, 5) is 53.5. The van der Waals surface area contributed by atoms with E-state index in [-0.39, 0.29) is 30.0 Å². The highest BCUT2D eigenvalue weighted by Gasteiger charge is 2.33. The van der Waals surface area contributed by atoms with Crippen LogP contribution in [-0.2, 0) is 22.5 Å². The highest BCUT2D eigenvalue weighted by Crippen LogP contribution is 2.30. The Hall–Kier alpha value is -3.07. The normalized spacial score (nSPS) is 18.2. The maximum absolute atomic E-state index is 12.9. The smallest absolute Gasteiger partial charge is 0.256 e. The number of methoxy groups -OCH3 is 1. The van der Waals surface area contributed by atoms with Crippen LogP contribution in [0.25, 0.3) is 0 Å². The fraction of sp³-hybridized carbons (Fsp3) is 0.500. The minimum absolute atomic E-state index is 0.00853. The molecule has 164 valence electrons. The number of aryl methyl sites for hydroxylation is 1. The molecule has 4 heterocycles. The van der Waals surface area contributed by atoms with Gasteiger partial charge in [-0.25, -0.2) is 4.98 Å². The second-order valence-electron chi connectivity index (χ2n) is 8.03. The van der Waals surface area contributed by atoms with Gasteiger partial charge in [-0.05, 0) is 31.4 Å². The molecule has 0 spiro atoms. The molecule has 1 N–H and O–H groups in total. The zero-order chi connectivity index (χ0) is 22.0. The summed E-state index contributed by atoms with van der Waals surface area (Å²) in [6.45, 7) is 3.59. The van der Waals surface area contributed by atoms with Crippen LogP contribution >= 0.6 is 0 Å². The zero-order valence-corrected chi connectivity index (χ0v) is 17.9. The van der Waals surface area contributed by atoms with Crippen molar-refractivity contribution in [2.45, 2.75) is 45.2 Å². The lowest BCUT2D eigenvalue weighted by Gasteiger charge is -2.29. The largest absolute Gasteiger partial charge is 0.384 e. The van der Waals surface area contributed by atoms with Crippen molar-refractivity contribution in [3.63, 3.8) is 0 Å². The van der Waals surface area contributed by atoms with Gasteiger partial charge < -0.3 is 19.5 Å². The average Bonchev–Trinajstić information content (AvgIpc) is 3.27. The van der Waals surface area contributed by atoms with Crippen LogP contribution in [0.4, 0.5) is 0 Å². The predicted octanol–water partition coefficient (Wildman–Crippen LogP) is 1.37. The summed E-state index contributed by atoms with van der Waals surface area (Å²) in [6, 6.07) is 1.48. The van der Waals surface area contributed by atoms with E-state index >= 15 is 0 Å². The number of aromatic amines is 1. The van der Waals surface area contributed by atoms with Crippen LogP contribution in [0.3, 0.4) is 0 Å². The minimum atomic E-state index is -0.236. The molecule has 0 aromatic carbocycles. The second kappa shape index (κ2) is 8.97. The molecule has 1 saturated heterocycles. The Morgan fingerprint density at radius 3 is 2.94 bits per heavy atom. The van der Waals surface area contributed by atoms with Crippen molar-refractivity contribution in [2.24, 2.45) is 0 Å². The van der Waals surface area contributed by atoms with Gasteiger partial charge >= 0.3 is 0 Å². The third-order valence-electron chi connectivity index (χ3n) is 6.03. The molecule has 0 bridgehead atoms. The number of hydrogen-bond acceptors (Lipinski definition) is 6. The van der Waals surface area contributed by atoms with E-state index in [0.29, 0.717) is 55.2 Å². The summed E-state index contributed by atoms with van der Waals surface area (Å²) in [6.07, 6.45) is 5.72. The van der Waals surface area contributed by atoms with E-state index in [0.717, 1.165) is 18.4 Å². The quantitative estimate of drug-likeness (QED) is 0.775. The van der Waals surface area contributed by atoms with Gasteiger partial charge in [-0.3, -0.25) is 19.4 Å². The Labute approximate surface area is 180 Å². The molecule has 2 aliphatic heterocycles. The number of H-pyrrole nitrogens is 1. The van der Waals surface area contributed by atoms with Crippen LogP contribution in [-0.4, -0.2) is 63.4 Å². The van der Waals surface area contributed by atoms with E-state index in [9.17, 15) is 14.4 Å². The Balaban J connectivity index is 1.55. The number of carbonyl (C=O) groups is 2. The maximum atomic E-state index is 12.9. The standard InChI is InChI=1S/C22H27N5O4/c1-14-12-23-8-5-15(14)22(30)26-10-6-17-16(13-26)21(29)25-20(24-17)18-4-3-9-27(18)19(28)7-11-31-2/h5,8,12,18H,3-4,6-7,9-11,13H2,1-2H3,(H,24,25,29)/t18-/m1/s1. The summed E-state index contributed by atoms with van der Waals surface area (Å²) in [5, 5.41) is 0. The van der Waals surface area contributed by atoms with Gasteiger partial charge in [-0.15, -0.1) is 0 Å². The number of aromatic nitrogens is 3. The van der Waals surface area contributed by atoms with Gasteiger partial charge in [0.15, 0.2) is 0 Å². The van der Waals surface area contributed by atoms with Crippen molar-refractivity contribution >= 4 is 11.8 Å². The molecule has 9 heteroatoms. The van der Waals surface area contributed by atoms with E-state index in [4.69, 9.17) is 9.72 Å². The van der Waals surface area contributed by atoms with Gasteiger partial charge in [0.1, 0.15) is 5.82 Å². The van der Waals surface area contributed by atoms with Crippen molar-refractivity contribution in [2.75, 3.05) is 26.8 Å². The number of carbonyl (C=O) groups excluding carboxylic acids is 2. The number of fused-ring (bicyclic) bond motifs is 1. The maximum Gasteiger partial charge on any atom is 0.256 e. The number of pyridine rings is 1. The summed E-state index contributed by atoms with van der Waals surface area (Å²) in [5.41, 5.74) is 2.40. The van der Waals surface area contributed by atoms with Crippen molar-refractivity contribution in [3.05, 3.63) is 57.0 Å². The lowest BCUT2D eigenvalue weighted by molar-refractivity contribution is -0.133. The van der Waals surface area contributed by atoms with Crippen molar-refractivity contribution in [1.82, 2.24) is 24.8 Å². The number of ether oxygens (including phenoxy) is 1. The number of rotatable bonds is 5. The molecule has 1 atom stereocenters. The molecule has 0 saturated carbocycles. The summed E-state index contributed by atoms with van der Waals surface area (Å²) in [7, 11) is 1.57. The first-order valence-electron chi connectivity index (χ1n) is 10.6. The third kappa shape index (κ3) is 4.23.